The molecule has 2 amide bonds. The lowest BCUT2D eigenvalue weighted by atomic mass is 10.0. The molecule has 0 aromatic rings. The van der Waals surface area contributed by atoms with Gasteiger partial charge in [0.1, 0.15) is 0 Å². The Balaban J connectivity index is 2.14. The molecule has 1 aliphatic carbocycles. The van der Waals surface area contributed by atoms with Gasteiger partial charge in [-0.15, -0.1) is 0 Å². The van der Waals surface area contributed by atoms with Crippen molar-refractivity contribution < 1.29 is 19.8 Å². The zero-order chi connectivity index (χ0) is 14.3. The molecule has 6 nitrogen and oxygen atoms in total. The Bertz CT molecular complexity index is 301. The molecule has 0 radical (unpaired) electrons. The number of carboxylic acid groups (broad SMARTS) is 1. The number of amides is 2. The number of aliphatic hydroxyl groups excluding tert-OH is 1. The number of carboxylic acids is 1. The van der Waals surface area contributed by atoms with Crippen molar-refractivity contribution in [1.82, 2.24) is 10.6 Å². The molecule has 4 N–H and O–H groups in total. The third-order valence-corrected chi connectivity index (χ3v) is 3.58. The molecule has 0 aromatic heterocycles. The van der Waals surface area contributed by atoms with E-state index in [0.29, 0.717) is 6.54 Å². The summed E-state index contributed by atoms with van der Waals surface area (Å²) in [6.45, 7) is 1.87. The van der Waals surface area contributed by atoms with Gasteiger partial charge in [0, 0.05) is 6.54 Å². The largest absolute Gasteiger partial charge is 0.480 e. The first-order chi connectivity index (χ1) is 9.00. The zero-order valence-electron chi connectivity index (χ0n) is 11.4. The zero-order valence-corrected chi connectivity index (χ0v) is 11.4. The molecule has 2 atom stereocenters. The summed E-state index contributed by atoms with van der Waals surface area (Å²) in [6.07, 6.45) is 6.09. The SMILES string of the molecule is C[C@@H](O)[C@H](NC(=O)NCCCC1CCCC1)C(=O)O. The van der Waals surface area contributed by atoms with Crippen LogP contribution in [0.2, 0.25) is 0 Å². The Morgan fingerprint density at radius 1 is 1.32 bits per heavy atom. The van der Waals surface area contributed by atoms with E-state index in [-0.39, 0.29) is 0 Å². The first kappa shape index (κ1) is 15.8. The highest BCUT2D eigenvalue weighted by molar-refractivity contribution is 5.82. The number of urea groups is 1. The number of aliphatic hydroxyl groups is 1. The van der Waals surface area contributed by atoms with Gasteiger partial charge >= 0.3 is 12.0 Å². The van der Waals surface area contributed by atoms with Crippen molar-refractivity contribution in [1.29, 1.82) is 0 Å². The summed E-state index contributed by atoms with van der Waals surface area (Å²) in [5, 5.41) is 22.9. The summed E-state index contributed by atoms with van der Waals surface area (Å²) in [4.78, 5) is 22.2. The van der Waals surface area contributed by atoms with Crippen molar-refractivity contribution in [3.05, 3.63) is 0 Å². The van der Waals surface area contributed by atoms with E-state index in [2.05, 4.69) is 10.6 Å². The number of carbonyl (C=O) groups excluding carboxylic acids is 1. The van der Waals surface area contributed by atoms with Gasteiger partial charge in [-0.25, -0.2) is 9.59 Å². The second kappa shape index (κ2) is 7.99. The molecule has 0 bridgehead atoms. The Morgan fingerprint density at radius 2 is 1.95 bits per heavy atom. The van der Waals surface area contributed by atoms with Crippen molar-refractivity contribution in [2.45, 2.75) is 57.6 Å². The third kappa shape index (κ3) is 5.92. The second-order valence-electron chi connectivity index (χ2n) is 5.25. The number of hydrogen-bond acceptors (Lipinski definition) is 3. The molecular weight excluding hydrogens is 248 g/mol. The van der Waals surface area contributed by atoms with Gasteiger partial charge in [0.2, 0.25) is 0 Å². The lowest BCUT2D eigenvalue weighted by Gasteiger charge is -2.17. The van der Waals surface area contributed by atoms with Gasteiger partial charge in [0.25, 0.3) is 0 Å². The van der Waals surface area contributed by atoms with Crippen LogP contribution in [0.5, 0.6) is 0 Å². The Kier molecular flexibility index (Phi) is 6.62. The minimum Gasteiger partial charge on any atom is -0.480 e. The predicted molar refractivity (Wildman–Crippen MR) is 70.8 cm³/mol. The molecular formula is C13H24N2O4. The van der Waals surface area contributed by atoms with E-state index in [1.807, 2.05) is 0 Å². The maximum atomic E-state index is 11.5. The van der Waals surface area contributed by atoms with Gasteiger partial charge in [-0.1, -0.05) is 25.7 Å². The standard InChI is InChI=1S/C13H24N2O4/c1-9(16)11(12(17)18)15-13(19)14-8-4-7-10-5-2-3-6-10/h9-11,16H,2-8H2,1H3,(H,17,18)(H2,14,15,19)/t9-,11+/m1/s1. The fourth-order valence-electron chi connectivity index (χ4n) is 2.47. The maximum Gasteiger partial charge on any atom is 0.328 e. The van der Waals surface area contributed by atoms with Crippen molar-refractivity contribution in [3.8, 4) is 0 Å². The van der Waals surface area contributed by atoms with Gasteiger partial charge in [-0.3, -0.25) is 0 Å². The van der Waals surface area contributed by atoms with Gasteiger partial charge in [0.05, 0.1) is 6.10 Å². The summed E-state index contributed by atoms with van der Waals surface area (Å²) in [7, 11) is 0. The van der Waals surface area contributed by atoms with E-state index in [4.69, 9.17) is 5.11 Å². The van der Waals surface area contributed by atoms with Crippen LogP contribution >= 0.6 is 0 Å². The van der Waals surface area contributed by atoms with Crippen LogP contribution in [0, 0.1) is 5.92 Å². The molecule has 6 heteroatoms. The van der Waals surface area contributed by atoms with E-state index in [1.54, 1.807) is 0 Å². The second-order valence-corrected chi connectivity index (χ2v) is 5.25. The normalized spacial score (nSPS) is 18.8. The van der Waals surface area contributed by atoms with Gasteiger partial charge < -0.3 is 20.8 Å². The molecule has 0 aliphatic heterocycles. The predicted octanol–water partition coefficient (Wildman–Crippen LogP) is 1.09. The number of carbonyl (C=O) groups is 2. The Hall–Kier alpha value is -1.30. The summed E-state index contributed by atoms with van der Waals surface area (Å²) in [5.41, 5.74) is 0. The molecule has 19 heavy (non-hydrogen) atoms. The van der Waals surface area contributed by atoms with Gasteiger partial charge in [-0.2, -0.15) is 0 Å². The number of nitrogens with one attached hydrogen (secondary N) is 2. The van der Waals surface area contributed by atoms with Crippen LogP contribution in [0.15, 0.2) is 0 Å². The average Bonchev–Trinajstić information content (AvgIpc) is 2.84. The third-order valence-electron chi connectivity index (χ3n) is 3.58. The highest BCUT2D eigenvalue weighted by atomic mass is 16.4. The van der Waals surface area contributed by atoms with E-state index in [1.165, 1.54) is 32.6 Å². The minimum atomic E-state index is -1.27. The summed E-state index contributed by atoms with van der Waals surface area (Å²) < 4.78 is 0. The van der Waals surface area contributed by atoms with Crippen LogP contribution in [-0.2, 0) is 4.79 Å². The quantitative estimate of drug-likeness (QED) is 0.521. The summed E-state index contributed by atoms with van der Waals surface area (Å²) in [6, 6.07) is -1.81. The fraction of sp³-hybridized carbons (Fsp3) is 0.846. The Morgan fingerprint density at radius 3 is 2.47 bits per heavy atom. The first-order valence-corrected chi connectivity index (χ1v) is 6.96. The topological polar surface area (TPSA) is 98.7 Å². The first-order valence-electron chi connectivity index (χ1n) is 6.96. The Labute approximate surface area is 113 Å². The molecule has 0 aromatic carbocycles. The highest BCUT2D eigenvalue weighted by Crippen LogP contribution is 2.28. The summed E-state index contributed by atoms with van der Waals surface area (Å²) in [5.74, 6) is -0.454. The fourth-order valence-corrected chi connectivity index (χ4v) is 2.47. The minimum absolute atomic E-state index is 0.536. The van der Waals surface area contributed by atoms with Crippen LogP contribution < -0.4 is 10.6 Å². The molecule has 1 fully saturated rings. The van der Waals surface area contributed by atoms with E-state index in [0.717, 1.165) is 18.8 Å². The van der Waals surface area contributed by atoms with Crippen molar-refractivity contribution >= 4 is 12.0 Å². The van der Waals surface area contributed by atoms with E-state index >= 15 is 0 Å². The van der Waals surface area contributed by atoms with E-state index in [9.17, 15) is 14.7 Å². The van der Waals surface area contributed by atoms with Crippen LogP contribution in [-0.4, -0.2) is 40.9 Å². The van der Waals surface area contributed by atoms with Gasteiger partial charge in [0.15, 0.2) is 6.04 Å². The molecule has 1 aliphatic rings. The number of rotatable bonds is 7. The lowest BCUT2D eigenvalue weighted by molar-refractivity contribution is -0.141. The van der Waals surface area contributed by atoms with E-state index < -0.39 is 24.1 Å². The molecule has 0 spiro atoms. The van der Waals surface area contributed by atoms with Crippen LogP contribution in [0.3, 0.4) is 0 Å². The lowest BCUT2D eigenvalue weighted by Crippen LogP contribution is -2.51. The molecule has 110 valence electrons. The number of aliphatic carboxylic acids is 1. The molecule has 0 heterocycles. The summed E-state index contributed by atoms with van der Waals surface area (Å²) >= 11 is 0. The van der Waals surface area contributed by atoms with Crippen molar-refractivity contribution in [3.63, 3.8) is 0 Å². The number of hydrogen-bond donors (Lipinski definition) is 4. The van der Waals surface area contributed by atoms with Gasteiger partial charge in [-0.05, 0) is 25.7 Å². The van der Waals surface area contributed by atoms with Crippen LogP contribution in [0.1, 0.15) is 45.4 Å². The average molecular weight is 272 g/mol. The molecule has 1 saturated carbocycles. The van der Waals surface area contributed by atoms with Crippen LogP contribution in [0.4, 0.5) is 4.79 Å². The van der Waals surface area contributed by atoms with Crippen molar-refractivity contribution in [2.75, 3.05) is 6.54 Å². The monoisotopic (exact) mass is 272 g/mol. The van der Waals surface area contributed by atoms with Crippen LogP contribution in [0.25, 0.3) is 0 Å². The van der Waals surface area contributed by atoms with Crippen molar-refractivity contribution in [2.24, 2.45) is 5.92 Å². The maximum absolute atomic E-state index is 11.5. The molecule has 1 rings (SSSR count). The smallest absolute Gasteiger partial charge is 0.328 e. The molecule has 0 unspecified atom stereocenters. The molecule has 0 saturated heterocycles. The highest BCUT2D eigenvalue weighted by Gasteiger charge is 2.24.